The van der Waals surface area contributed by atoms with Gasteiger partial charge in [-0.3, -0.25) is 0 Å². The van der Waals surface area contributed by atoms with Crippen LogP contribution in [0.4, 0.5) is 5.82 Å². The van der Waals surface area contributed by atoms with Gasteiger partial charge in [0.25, 0.3) is 0 Å². The van der Waals surface area contributed by atoms with Crippen LogP contribution in [0.3, 0.4) is 0 Å². The molecule has 104 valence electrons. The highest BCUT2D eigenvalue weighted by molar-refractivity contribution is 7.80. The number of fused-ring (bicyclic) bond motifs is 1. The van der Waals surface area contributed by atoms with Crippen molar-refractivity contribution >= 4 is 33.9 Å². The molecule has 3 N–H and O–H groups in total. The van der Waals surface area contributed by atoms with Gasteiger partial charge in [0.15, 0.2) is 0 Å². The zero-order chi connectivity index (χ0) is 14.1. The fraction of sp³-hybridized carbons (Fsp3) is 0.375. The predicted octanol–water partition coefficient (Wildman–Crippen LogP) is 3.47. The van der Waals surface area contributed by atoms with E-state index in [1.165, 1.54) is 19.3 Å². The van der Waals surface area contributed by atoms with Crippen molar-refractivity contribution in [2.45, 2.75) is 32.2 Å². The van der Waals surface area contributed by atoms with Gasteiger partial charge in [0.2, 0.25) is 0 Å². The Morgan fingerprint density at radius 1 is 1.35 bits per heavy atom. The maximum atomic E-state index is 5.86. The number of anilines is 1. The van der Waals surface area contributed by atoms with Crippen LogP contribution in [-0.4, -0.2) is 16.0 Å². The average Bonchev–Trinajstić information content (AvgIpc) is 2.83. The van der Waals surface area contributed by atoms with E-state index in [2.05, 4.69) is 12.2 Å². The number of hydrogen-bond donors (Lipinski definition) is 2. The quantitative estimate of drug-likeness (QED) is 0.848. The minimum atomic E-state index is 0.400. The summed E-state index contributed by atoms with van der Waals surface area (Å²) in [5, 5.41) is 4.60. The topological polar surface area (TPSA) is 50.9 Å². The smallest absolute Gasteiger partial charge is 0.137 e. The lowest BCUT2D eigenvalue weighted by Crippen LogP contribution is -2.21. The van der Waals surface area contributed by atoms with Gasteiger partial charge in [0.1, 0.15) is 10.8 Å². The zero-order valence-electron chi connectivity index (χ0n) is 11.6. The number of para-hydroxylation sites is 1. The summed E-state index contributed by atoms with van der Waals surface area (Å²) in [4.78, 5) is 5.11. The van der Waals surface area contributed by atoms with Crippen molar-refractivity contribution in [1.82, 2.24) is 4.98 Å². The van der Waals surface area contributed by atoms with Crippen molar-refractivity contribution in [2.75, 3.05) is 5.32 Å². The van der Waals surface area contributed by atoms with Crippen LogP contribution < -0.4 is 11.1 Å². The molecule has 0 bridgehead atoms. The SMILES string of the molecule is CC1CCC(Nc2nc3ccccc3cc2C(N)=S)C1. The monoisotopic (exact) mass is 285 g/mol. The molecule has 1 aliphatic rings. The molecule has 1 aliphatic carbocycles. The second-order valence-electron chi connectivity index (χ2n) is 5.70. The number of nitrogens with zero attached hydrogens (tertiary/aromatic N) is 1. The Kier molecular flexibility index (Phi) is 3.57. The molecule has 1 heterocycles. The van der Waals surface area contributed by atoms with E-state index in [0.717, 1.165) is 28.2 Å². The number of nitrogens with two attached hydrogens (primary N) is 1. The first-order valence-electron chi connectivity index (χ1n) is 7.09. The van der Waals surface area contributed by atoms with Gasteiger partial charge in [0, 0.05) is 11.4 Å². The summed E-state index contributed by atoms with van der Waals surface area (Å²) in [5.74, 6) is 1.61. The number of hydrogen-bond acceptors (Lipinski definition) is 3. The lowest BCUT2D eigenvalue weighted by molar-refractivity contribution is 0.602. The van der Waals surface area contributed by atoms with Crippen LogP contribution in [0.15, 0.2) is 30.3 Å². The van der Waals surface area contributed by atoms with E-state index in [1.54, 1.807) is 0 Å². The zero-order valence-corrected chi connectivity index (χ0v) is 12.4. The van der Waals surface area contributed by atoms with Gasteiger partial charge < -0.3 is 11.1 Å². The Labute approximate surface area is 124 Å². The Morgan fingerprint density at radius 2 is 2.15 bits per heavy atom. The van der Waals surface area contributed by atoms with Gasteiger partial charge in [-0.1, -0.05) is 37.3 Å². The molecule has 2 aromatic rings. The van der Waals surface area contributed by atoms with Gasteiger partial charge in [-0.05, 0) is 37.3 Å². The van der Waals surface area contributed by atoms with E-state index in [4.69, 9.17) is 22.9 Å². The predicted molar refractivity (Wildman–Crippen MR) is 88.1 cm³/mol. The lowest BCUT2D eigenvalue weighted by Gasteiger charge is -2.17. The Bertz CT molecular complexity index is 653. The molecule has 0 spiro atoms. The largest absolute Gasteiger partial charge is 0.389 e. The summed E-state index contributed by atoms with van der Waals surface area (Å²) >= 11 is 5.17. The number of benzene rings is 1. The van der Waals surface area contributed by atoms with E-state index in [0.29, 0.717) is 11.0 Å². The average molecular weight is 285 g/mol. The number of pyridine rings is 1. The summed E-state index contributed by atoms with van der Waals surface area (Å²) in [7, 11) is 0. The van der Waals surface area contributed by atoms with Crippen LogP contribution in [0.1, 0.15) is 31.7 Å². The molecule has 1 saturated carbocycles. The molecule has 1 fully saturated rings. The summed E-state index contributed by atoms with van der Waals surface area (Å²) in [6.07, 6.45) is 3.64. The standard InChI is InChI=1S/C16H19N3S/c1-10-6-7-12(8-10)18-16-13(15(17)20)9-11-4-2-3-5-14(11)19-16/h2-5,9-10,12H,6-8H2,1H3,(H2,17,20)(H,18,19). The molecule has 20 heavy (non-hydrogen) atoms. The molecule has 0 amide bonds. The first kappa shape index (κ1) is 13.3. The Balaban J connectivity index is 1.99. The van der Waals surface area contributed by atoms with Crippen molar-refractivity contribution < 1.29 is 0 Å². The third kappa shape index (κ3) is 2.61. The normalized spacial score (nSPS) is 22.1. The van der Waals surface area contributed by atoms with E-state index in [9.17, 15) is 0 Å². The van der Waals surface area contributed by atoms with Crippen molar-refractivity contribution in [3.8, 4) is 0 Å². The summed E-state index contributed by atoms with van der Waals surface area (Å²) in [6.45, 7) is 2.30. The number of aromatic nitrogens is 1. The minimum Gasteiger partial charge on any atom is -0.389 e. The molecule has 1 aromatic carbocycles. The summed E-state index contributed by atoms with van der Waals surface area (Å²) in [5.41, 5.74) is 7.68. The van der Waals surface area contributed by atoms with Gasteiger partial charge >= 0.3 is 0 Å². The van der Waals surface area contributed by atoms with Gasteiger partial charge in [-0.2, -0.15) is 0 Å². The summed E-state index contributed by atoms with van der Waals surface area (Å²) in [6, 6.07) is 10.6. The van der Waals surface area contributed by atoms with E-state index in [1.807, 2.05) is 30.3 Å². The molecule has 4 heteroatoms. The minimum absolute atomic E-state index is 0.400. The van der Waals surface area contributed by atoms with E-state index < -0.39 is 0 Å². The van der Waals surface area contributed by atoms with Crippen LogP contribution in [0, 0.1) is 5.92 Å². The highest BCUT2D eigenvalue weighted by atomic mass is 32.1. The van der Waals surface area contributed by atoms with Crippen LogP contribution in [0.25, 0.3) is 10.9 Å². The molecule has 2 atom stereocenters. The lowest BCUT2D eigenvalue weighted by atomic mass is 10.1. The first-order valence-corrected chi connectivity index (χ1v) is 7.50. The molecule has 0 radical (unpaired) electrons. The number of rotatable bonds is 3. The van der Waals surface area contributed by atoms with Crippen LogP contribution in [0.5, 0.6) is 0 Å². The van der Waals surface area contributed by atoms with Crippen LogP contribution in [-0.2, 0) is 0 Å². The second-order valence-corrected chi connectivity index (χ2v) is 6.14. The number of thiocarbonyl (C=S) groups is 1. The molecule has 3 nitrogen and oxygen atoms in total. The van der Waals surface area contributed by atoms with Crippen molar-refractivity contribution in [2.24, 2.45) is 11.7 Å². The molecular formula is C16H19N3S. The molecule has 0 saturated heterocycles. The van der Waals surface area contributed by atoms with Gasteiger partial charge in [-0.15, -0.1) is 0 Å². The first-order chi connectivity index (χ1) is 9.63. The van der Waals surface area contributed by atoms with Crippen LogP contribution >= 0.6 is 12.2 Å². The van der Waals surface area contributed by atoms with Crippen molar-refractivity contribution in [1.29, 1.82) is 0 Å². The van der Waals surface area contributed by atoms with Crippen molar-refractivity contribution in [3.05, 3.63) is 35.9 Å². The Morgan fingerprint density at radius 3 is 2.85 bits per heavy atom. The molecule has 2 unspecified atom stereocenters. The fourth-order valence-electron chi connectivity index (χ4n) is 2.95. The third-order valence-corrected chi connectivity index (χ3v) is 4.24. The maximum absolute atomic E-state index is 5.86. The van der Waals surface area contributed by atoms with E-state index >= 15 is 0 Å². The molecule has 1 aromatic heterocycles. The fourth-order valence-corrected chi connectivity index (χ4v) is 3.10. The van der Waals surface area contributed by atoms with Gasteiger partial charge in [-0.25, -0.2) is 4.98 Å². The maximum Gasteiger partial charge on any atom is 0.137 e. The van der Waals surface area contributed by atoms with Gasteiger partial charge in [0.05, 0.1) is 11.1 Å². The molecular weight excluding hydrogens is 266 g/mol. The highest BCUT2D eigenvalue weighted by Gasteiger charge is 2.22. The van der Waals surface area contributed by atoms with Crippen molar-refractivity contribution in [3.63, 3.8) is 0 Å². The number of nitrogens with one attached hydrogen (secondary N) is 1. The Hall–Kier alpha value is -1.68. The van der Waals surface area contributed by atoms with E-state index in [-0.39, 0.29) is 0 Å². The van der Waals surface area contributed by atoms with Crippen LogP contribution in [0.2, 0.25) is 0 Å². The molecule has 3 rings (SSSR count). The third-order valence-electron chi connectivity index (χ3n) is 4.03. The molecule has 0 aliphatic heterocycles. The second kappa shape index (κ2) is 5.37. The summed E-state index contributed by atoms with van der Waals surface area (Å²) < 4.78 is 0. The highest BCUT2D eigenvalue weighted by Crippen LogP contribution is 2.29.